The number of hydrogen-bond acceptors (Lipinski definition) is 4. The third-order valence-corrected chi connectivity index (χ3v) is 3.92. The molecule has 2 aromatic rings. The Morgan fingerprint density at radius 1 is 1.07 bits per heavy atom. The fraction of sp³-hybridized carbons (Fsp3) is 0.286. The van der Waals surface area contributed by atoms with Gasteiger partial charge in [-0.05, 0) is 56.2 Å². The standard InChI is InChI=1S/C21H24N2O5/c1-13(2)28-18-9-8-16(21(26)27)12-17(18)23-19(24)10-7-14-5-4-6-15(11-14)20(25)22-3/h4-6,8-9,11-13H,7,10H2,1-3H3,(H,22,25)(H,23,24)(H,26,27). The molecule has 0 spiro atoms. The van der Waals surface area contributed by atoms with Crippen molar-refractivity contribution in [2.45, 2.75) is 32.8 Å². The normalized spacial score (nSPS) is 10.4. The Balaban J connectivity index is 2.09. The summed E-state index contributed by atoms with van der Waals surface area (Å²) in [5.74, 6) is -1.14. The molecule has 0 saturated heterocycles. The van der Waals surface area contributed by atoms with E-state index in [4.69, 9.17) is 4.74 Å². The molecule has 2 rings (SSSR count). The Morgan fingerprint density at radius 3 is 2.46 bits per heavy atom. The summed E-state index contributed by atoms with van der Waals surface area (Å²) in [6, 6.07) is 11.4. The predicted molar refractivity (Wildman–Crippen MR) is 106 cm³/mol. The molecule has 0 bridgehead atoms. The largest absolute Gasteiger partial charge is 0.489 e. The van der Waals surface area contributed by atoms with E-state index in [-0.39, 0.29) is 29.9 Å². The number of carboxylic acids is 1. The average Bonchev–Trinajstić information content (AvgIpc) is 2.66. The van der Waals surface area contributed by atoms with E-state index in [0.29, 0.717) is 23.4 Å². The maximum atomic E-state index is 12.4. The first-order valence-electron chi connectivity index (χ1n) is 8.95. The molecule has 7 nitrogen and oxygen atoms in total. The van der Waals surface area contributed by atoms with E-state index in [0.717, 1.165) is 5.56 Å². The van der Waals surface area contributed by atoms with E-state index in [9.17, 15) is 19.5 Å². The summed E-state index contributed by atoms with van der Waals surface area (Å²) in [4.78, 5) is 35.3. The van der Waals surface area contributed by atoms with Crippen LogP contribution in [0.25, 0.3) is 0 Å². The van der Waals surface area contributed by atoms with Gasteiger partial charge in [-0.1, -0.05) is 12.1 Å². The van der Waals surface area contributed by atoms with Gasteiger partial charge in [-0.2, -0.15) is 0 Å². The molecule has 0 aliphatic heterocycles. The number of carboxylic acid groups (broad SMARTS) is 1. The van der Waals surface area contributed by atoms with Gasteiger partial charge in [0, 0.05) is 19.0 Å². The molecule has 0 heterocycles. The van der Waals surface area contributed by atoms with Crippen molar-refractivity contribution in [2.75, 3.05) is 12.4 Å². The molecule has 0 aliphatic rings. The first-order chi connectivity index (χ1) is 13.3. The molecular formula is C21H24N2O5. The van der Waals surface area contributed by atoms with Gasteiger partial charge in [0.25, 0.3) is 5.91 Å². The second kappa shape index (κ2) is 9.55. The number of nitrogens with one attached hydrogen (secondary N) is 2. The summed E-state index contributed by atoms with van der Waals surface area (Å²) in [7, 11) is 1.56. The highest BCUT2D eigenvalue weighted by atomic mass is 16.5. The van der Waals surface area contributed by atoms with E-state index < -0.39 is 5.97 Å². The van der Waals surface area contributed by atoms with E-state index in [1.54, 1.807) is 25.2 Å². The number of carbonyl (C=O) groups excluding carboxylic acids is 2. The first-order valence-corrected chi connectivity index (χ1v) is 8.95. The molecule has 2 amide bonds. The number of ether oxygens (including phenoxy) is 1. The van der Waals surface area contributed by atoms with Crippen LogP contribution in [-0.4, -0.2) is 36.0 Å². The van der Waals surface area contributed by atoms with Gasteiger partial charge in [-0.15, -0.1) is 0 Å². The number of aryl methyl sites for hydroxylation is 1. The van der Waals surface area contributed by atoms with Gasteiger partial charge < -0.3 is 20.5 Å². The van der Waals surface area contributed by atoms with Crippen LogP contribution in [0.3, 0.4) is 0 Å². The number of carbonyl (C=O) groups is 3. The number of benzene rings is 2. The van der Waals surface area contributed by atoms with Gasteiger partial charge in [0.1, 0.15) is 5.75 Å². The average molecular weight is 384 g/mol. The van der Waals surface area contributed by atoms with Crippen molar-refractivity contribution >= 4 is 23.5 Å². The Bertz CT molecular complexity index is 877. The topological polar surface area (TPSA) is 105 Å². The minimum Gasteiger partial charge on any atom is -0.489 e. The van der Waals surface area contributed by atoms with Crippen molar-refractivity contribution in [1.82, 2.24) is 5.32 Å². The second-order valence-electron chi connectivity index (χ2n) is 6.51. The zero-order chi connectivity index (χ0) is 20.7. The minimum atomic E-state index is -1.09. The van der Waals surface area contributed by atoms with E-state index in [2.05, 4.69) is 10.6 Å². The molecule has 0 radical (unpaired) electrons. The smallest absolute Gasteiger partial charge is 0.335 e. The molecule has 3 N–H and O–H groups in total. The Hall–Kier alpha value is -3.35. The lowest BCUT2D eigenvalue weighted by atomic mass is 10.1. The lowest BCUT2D eigenvalue weighted by Crippen LogP contribution is -2.18. The van der Waals surface area contributed by atoms with Crippen LogP contribution in [0.5, 0.6) is 5.75 Å². The Morgan fingerprint density at radius 2 is 1.82 bits per heavy atom. The summed E-state index contributed by atoms with van der Waals surface area (Å²) in [5, 5.41) is 14.5. The van der Waals surface area contributed by atoms with E-state index >= 15 is 0 Å². The van der Waals surface area contributed by atoms with Crippen molar-refractivity contribution in [3.8, 4) is 5.75 Å². The number of aromatic carboxylic acids is 1. The quantitative estimate of drug-likeness (QED) is 0.649. The molecular weight excluding hydrogens is 360 g/mol. The van der Waals surface area contributed by atoms with Crippen LogP contribution in [-0.2, 0) is 11.2 Å². The van der Waals surface area contributed by atoms with Crippen molar-refractivity contribution in [1.29, 1.82) is 0 Å². The highest BCUT2D eigenvalue weighted by Crippen LogP contribution is 2.27. The van der Waals surface area contributed by atoms with E-state index in [1.807, 2.05) is 19.9 Å². The summed E-state index contributed by atoms with van der Waals surface area (Å²) in [6.07, 6.45) is 0.490. The summed E-state index contributed by atoms with van der Waals surface area (Å²) in [5.41, 5.74) is 1.76. The molecule has 0 atom stereocenters. The number of anilines is 1. The molecule has 0 aromatic heterocycles. The highest BCUT2D eigenvalue weighted by Gasteiger charge is 2.14. The lowest BCUT2D eigenvalue weighted by Gasteiger charge is -2.15. The van der Waals surface area contributed by atoms with Crippen molar-refractivity contribution in [2.24, 2.45) is 0 Å². The van der Waals surface area contributed by atoms with Gasteiger partial charge in [0.2, 0.25) is 5.91 Å². The van der Waals surface area contributed by atoms with Crippen LogP contribution in [0, 0.1) is 0 Å². The van der Waals surface area contributed by atoms with Gasteiger partial charge >= 0.3 is 5.97 Å². The number of rotatable bonds is 8. The fourth-order valence-electron chi connectivity index (χ4n) is 2.60. The van der Waals surface area contributed by atoms with Crippen LogP contribution in [0.2, 0.25) is 0 Å². The van der Waals surface area contributed by atoms with Gasteiger partial charge in [-0.25, -0.2) is 4.79 Å². The molecule has 0 fully saturated rings. The van der Waals surface area contributed by atoms with Gasteiger partial charge in [-0.3, -0.25) is 9.59 Å². The summed E-state index contributed by atoms with van der Waals surface area (Å²) in [6.45, 7) is 3.69. The second-order valence-corrected chi connectivity index (χ2v) is 6.51. The van der Waals surface area contributed by atoms with Crippen LogP contribution >= 0.6 is 0 Å². The Kier molecular flexibility index (Phi) is 7.14. The first kappa shape index (κ1) is 21.0. The molecule has 7 heteroatoms. The fourth-order valence-corrected chi connectivity index (χ4v) is 2.60. The zero-order valence-corrected chi connectivity index (χ0v) is 16.1. The van der Waals surface area contributed by atoms with Crippen molar-refractivity contribution in [3.63, 3.8) is 0 Å². The maximum absolute atomic E-state index is 12.4. The molecule has 28 heavy (non-hydrogen) atoms. The third-order valence-electron chi connectivity index (χ3n) is 3.92. The van der Waals surface area contributed by atoms with Crippen molar-refractivity contribution < 1.29 is 24.2 Å². The lowest BCUT2D eigenvalue weighted by molar-refractivity contribution is -0.116. The predicted octanol–water partition coefficient (Wildman–Crippen LogP) is 3.10. The number of amides is 2. The van der Waals surface area contributed by atoms with Gasteiger partial charge in [0.15, 0.2) is 0 Å². The van der Waals surface area contributed by atoms with Gasteiger partial charge in [0.05, 0.1) is 17.4 Å². The van der Waals surface area contributed by atoms with Crippen molar-refractivity contribution in [3.05, 3.63) is 59.2 Å². The molecule has 0 unspecified atom stereocenters. The van der Waals surface area contributed by atoms with Crippen LogP contribution in [0.15, 0.2) is 42.5 Å². The molecule has 0 saturated carbocycles. The molecule has 0 aliphatic carbocycles. The highest BCUT2D eigenvalue weighted by molar-refractivity contribution is 5.96. The Labute approximate surface area is 163 Å². The SMILES string of the molecule is CNC(=O)c1cccc(CCC(=O)Nc2cc(C(=O)O)ccc2OC(C)C)c1. The summed E-state index contributed by atoms with van der Waals surface area (Å²) < 4.78 is 5.65. The molecule has 148 valence electrons. The van der Waals surface area contributed by atoms with E-state index in [1.165, 1.54) is 18.2 Å². The molecule has 2 aromatic carbocycles. The summed E-state index contributed by atoms with van der Waals surface area (Å²) >= 11 is 0. The third kappa shape index (κ3) is 5.84. The van der Waals surface area contributed by atoms with Crippen LogP contribution in [0.4, 0.5) is 5.69 Å². The maximum Gasteiger partial charge on any atom is 0.335 e. The monoisotopic (exact) mass is 384 g/mol. The minimum absolute atomic E-state index is 0.0599. The van der Waals surface area contributed by atoms with Crippen LogP contribution in [0.1, 0.15) is 46.5 Å². The zero-order valence-electron chi connectivity index (χ0n) is 16.1. The number of hydrogen-bond donors (Lipinski definition) is 3. The van der Waals surface area contributed by atoms with Crippen LogP contribution < -0.4 is 15.4 Å².